The Morgan fingerprint density at radius 1 is 1.00 bits per heavy atom. The average Bonchev–Trinajstić information content (AvgIpc) is 2.86. The van der Waals surface area contributed by atoms with Crippen LogP contribution in [0.3, 0.4) is 0 Å². The SMILES string of the molecule is O=C(Nc1cc(Cl)cc(Cl)c1)Nc1cccc2[nH]ccc12. The van der Waals surface area contributed by atoms with Gasteiger partial charge in [0.1, 0.15) is 0 Å². The summed E-state index contributed by atoms with van der Waals surface area (Å²) in [5.74, 6) is 0. The number of urea groups is 1. The molecule has 1 aromatic heterocycles. The molecular formula is C15H11Cl2N3O. The lowest BCUT2D eigenvalue weighted by Crippen LogP contribution is -2.19. The molecule has 0 aliphatic rings. The van der Waals surface area contributed by atoms with Crippen molar-refractivity contribution in [1.82, 2.24) is 4.98 Å². The highest BCUT2D eigenvalue weighted by molar-refractivity contribution is 6.35. The summed E-state index contributed by atoms with van der Waals surface area (Å²) in [4.78, 5) is 15.1. The Balaban J connectivity index is 1.79. The minimum absolute atomic E-state index is 0.359. The van der Waals surface area contributed by atoms with Gasteiger partial charge in [-0.1, -0.05) is 29.3 Å². The van der Waals surface area contributed by atoms with Crippen LogP contribution in [-0.4, -0.2) is 11.0 Å². The van der Waals surface area contributed by atoms with Gasteiger partial charge in [0.05, 0.1) is 5.69 Å². The van der Waals surface area contributed by atoms with Gasteiger partial charge in [0.15, 0.2) is 0 Å². The molecule has 0 fully saturated rings. The second-order valence-corrected chi connectivity index (χ2v) is 5.35. The molecule has 0 saturated heterocycles. The van der Waals surface area contributed by atoms with E-state index in [4.69, 9.17) is 23.2 Å². The largest absolute Gasteiger partial charge is 0.361 e. The minimum Gasteiger partial charge on any atom is -0.361 e. The molecule has 21 heavy (non-hydrogen) atoms. The zero-order chi connectivity index (χ0) is 14.8. The summed E-state index contributed by atoms with van der Waals surface area (Å²) in [5.41, 5.74) is 2.21. The van der Waals surface area contributed by atoms with Crippen LogP contribution in [-0.2, 0) is 0 Å². The van der Waals surface area contributed by atoms with Crippen molar-refractivity contribution in [3.8, 4) is 0 Å². The van der Waals surface area contributed by atoms with Crippen molar-refractivity contribution < 1.29 is 4.79 Å². The molecule has 0 spiro atoms. The number of anilines is 2. The molecule has 4 nitrogen and oxygen atoms in total. The van der Waals surface area contributed by atoms with Crippen molar-refractivity contribution in [3.63, 3.8) is 0 Å². The van der Waals surface area contributed by atoms with Crippen LogP contribution < -0.4 is 10.6 Å². The second-order valence-electron chi connectivity index (χ2n) is 4.48. The number of aromatic amines is 1. The Labute approximate surface area is 131 Å². The van der Waals surface area contributed by atoms with Gasteiger partial charge in [-0.25, -0.2) is 4.79 Å². The molecule has 0 bridgehead atoms. The first kappa shape index (κ1) is 13.8. The lowest BCUT2D eigenvalue weighted by Gasteiger charge is -2.09. The van der Waals surface area contributed by atoms with Crippen molar-refractivity contribution in [2.75, 3.05) is 10.6 Å². The van der Waals surface area contributed by atoms with E-state index in [9.17, 15) is 4.79 Å². The maximum absolute atomic E-state index is 12.1. The van der Waals surface area contributed by atoms with Crippen LogP contribution in [0.4, 0.5) is 16.2 Å². The summed E-state index contributed by atoms with van der Waals surface area (Å²) >= 11 is 11.8. The van der Waals surface area contributed by atoms with Gasteiger partial charge in [0.2, 0.25) is 0 Å². The maximum atomic E-state index is 12.1. The van der Waals surface area contributed by atoms with Crippen LogP contribution in [0.1, 0.15) is 0 Å². The van der Waals surface area contributed by atoms with Gasteiger partial charge < -0.3 is 15.6 Å². The summed E-state index contributed by atoms with van der Waals surface area (Å²) in [5, 5.41) is 7.37. The van der Waals surface area contributed by atoms with Gasteiger partial charge in [-0.15, -0.1) is 0 Å². The average molecular weight is 320 g/mol. The Hall–Kier alpha value is -2.17. The summed E-state index contributed by atoms with van der Waals surface area (Å²) < 4.78 is 0. The Bertz CT molecular complexity index is 793. The summed E-state index contributed by atoms with van der Waals surface area (Å²) in [6.45, 7) is 0. The number of fused-ring (bicyclic) bond motifs is 1. The molecular weight excluding hydrogens is 309 g/mol. The number of hydrogen-bond donors (Lipinski definition) is 3. The normalized spacial score (nSPS) is 10.6. The van der Waals surface area contributed by atoms with Crippen LogP contribution >= 0.6 is 23.2 Å². The van der Waals surface area contributed by atoms with Gasteiger partial charge >= 0.3 is 6.03 Å². The Morgan fingerprint density at radius 2 is 1.76 bits per heavy atom. The van der Waals surface area contributed by atoms with Gasteiger partial charge in [0.25, 0.3) is 0 Å². The van der Waals surface area contributed by atoms with E-state index in [0.717, 1.165) is 16.6 Å². The Kier molecular flexibility index (Phi) is 3.73. The molecule has 0 radical (unpaired) electrons. The van der Waals surface area contributed by atoms with E-state index in [-0.39, 0.29) is 6.03 Å². The lowest BCUT2D eigenvalue weighted by molar-refractivity contribution is 0.262. The van der Waals surface area contributed by atoms with E-state index in [1.54, 1.807) is 18.2 Å². The van der Waals surface area contributed by atoms with E-state index in [1.165, 1.54) is 0 Å². The third-order valence-electron chi connectivity index (χ3n) is 2.96. The first-order valence-electron chi connectivity index (χ1n) is 6.22. The molecule has 1 heterocycles. The van der Waals surface area contributed by atoms with Crippen molar-refractivity contribution in [2.24, 2.45) is 0 Å². The third kappa shape index (κ3) is 3.12. The van der Waals surface area contributed by atoms with Crippen molar-refractivity contribution in [2.45, 2.75) is 0 Å². The molecule has 106 valence electrons. The number of hydrogen-bond acceptors (Lipinski definition) is 1. The highest BCUT2D eigenvalue weighted by atomic mass is 35.5. The lowest BCUT2D eigenvalue weighted by atomic mass is 10.2. The number of nitrogens with one attached hydrogen (secondary N) is 3. The smallest absolute Gasteiger partial charge is 0.323 e. The van der Waals surface area contributed by atoms with Gasteiger partial charge in [0, 0.05) is 32.8 Å². The number of H-pyrrole nitrogens is 1. The van der Waals surface area contributed by atoms with Crippen molar-refractivity contribution >= 4 is 51.5 Å². The number of aromatic nitrogens is 1. The molecule has 0 aliphatic heterocycles. The highest BCUT2D eigenvalue weighted by Gasteiger charge is 2.07. The molecule has 2 amide bonds. The molecule has 0 unspecified atom stereocenters. The minimum atomic E-state index is -0.359. The van der Waals surface area contributed by atoms with Crippen LogP contribution in [0.15, 0.2) is 48.7 Å². The number of rotatable bonds is 2. The standard InChI is InChI=1S/C15H11Cl2N3O/c16-9-6-10(17)8-11(7-9)19-15(21)20-14-3-1-2-13-12(14)4-5-18-13/h1-8,18H,(H2,19,20,21). The van der Waals surface area contributed by atoms with Crippen molar-refractivity contribution in [1.29, 1.82) is 0 Å². The second kappa shape index (κ2) is 5.68. The van der Waals surface area contributed by atoms with Crippen LogP contribution in [0.2, 0.25) is 10.0 Å². The molecule has 2 aromatic carbocycles. The predicted octanol–water partition coefficient (Wildman–Crippen LogP) is 5.12. The van der Waals surface area contributed by atoms with Gasteiger partial charge in [-0.05, 0) is 36.4 Å². The molecule has 3 rings (SSSR count). The van der Waals surface area contributed by atoms with Crippen LogP contribution in [0, 0.1) is 0 Å². The number of carbonyl (C=O) groups excluding carboxylic acids is 1. The van der Waals surface area contributed by atoms with Crippen LogP contribution in [0.5, 0.6) is 0 Å². The maximum Gasteiger partial charge on any atom is 0.323 e. The fraction of sp³-hybridized carbons (Fsp3) is 0. The number of halogens is 2. The monoisotopic (exact) mass is 319 g/mol. The van der Waals surface area contributed by atoms with Crippen LogP contribution in [0.25, 0.3) is 10.9 Å². The Morgan fingerprint density at radius 3 is 2.52 bits per heavy atom. The first-order chi connectivity index (χ1) is 10.1. The van der Waals surface area contributed by atoms with Gasteiger partial charge in [-0.2, -0.15) is 0 Å². The van der Waals surface area contributed by atoms with E-state index in [2.05, 4.69) is 15.6 Å². The molecule has 0 aliphatic carbocycles. The zero-order valence-electron chi connectivity index (χ0n) is 10.8. The highest BCUT2D eigenvalue weighted by Crippen LogP contribution is 2.24. The topological polar surface area (TPSA) is 56.9 Å². The zero-order valence-corrected chi connectivity index (χ0v) is 12.3. The quantitative estimate of drug-likeness (QED) is 0.603. The molecule has 3 N–H and O–H groups in total. The number of amides is 2. The third-order valence-corrected chi connectivity index (χ3v) is 3.40. The predicted molar refractivity (Wildman–Crippen MR) is 87.4 cm³/mol. The molecule has 0 saturated carbocycles. The summed E-state index contributed by atoms with van der Waals surface area (Å²) in [7, 11) is 0. The fourth-order valence-corrected chi connectivity index (χ4v) is 2.63. The summed E-state index contributed by atoms with van der Waals surface area (Å²) in [6.07, 6.45) is 1.82. The van der Waals surface area contributed by atoms with Gasteiger partial charge in [-0.3, -0.25) is 0 Å². The summed E-state index contributed by atoms with van der Waals surface area (Å²) in [6, 6.07) is 12.0. The number of carbonyl (C=O) groups is 1. The van der Waals surface area contributed by atoms with E-state index >= 15 is 0 Å². The fourth-order valence-electron chi connectivity index (χ4n) is 2.11. The molecule has 3 aromatic rings. The molecule has 0 atom stereocenters. The number of benzene rings is 2. The molecule has 6 heteroatoms. The van der Waals surface area contributed by atoms with Crippen molar-refractivity contribution in [3.05, 3.63) is 58.7 Å². The van der Waals surface area contributed by atoms with E-state index in [0.29, 0.717) is 15.7 Å². The first-order valence-corrected chi connectivity index (χ1v) is 6.97. The van der Waals surface area contributed by atoms with E-state index < -0.39 is 0 Å². The van der Waals surface area contributed by atoms with E-state index in [1.807, 2.05) is 30.5 Å².